The molecule has 1 heterocycles. The second-order valence-electron chi connectivity index (χ2n) is 7.20. The predicted octanol–water partition coefficient (Wildman–Crippen LogP) is 6.52. The normalized spacial score (nSPS) is 11.2. The average Bonchev–Trinajstić information content (AvgIpc) is 3.13. The van der Waals surface area contributed by atoms with Gasteiger partial charge in [0.2, 0.25) is 6.86 Å². The Morgan fingerprint density at radius 3 is 2.38 bits per heavy atom. The first-order valence-corrected chi connectivity index (χ1v) is 10.1. The van der Waals surface area contributed by atoms with E-state index in [0.29, 0.717) is 16.9 Å². The number of benzene rings is 3. The quantitative estimate of drug-likeness (QED) is 0.254. The number of aryl methyl sites for hydroxylation is 1. The van der Waals surface area contributed by atoms with E-state index in [9.17, 15) is 9.18 Å². The molecule has 4 aromatic rings. The third kappa shape index (κ3) is 3.63. The second kappa shape index (κ2) is 8.48. The molecule has 0 saturated heterocycles. The summed E-state index contributed by atoms with van der Waals surface area (Å²) in [6.45, 7) is 2.18. The van der Waals surface area contributed by atoms with Crippen LogP contribution in [0.4, 0.5) is 4.39 Å². The van der Waals surface area contributed by atoms with Gasteiger partial charge >= 0.3 is 0 Å². The standard InChI is InChI=1S/C25H24FNO2/c1-2-3-8-15-27-16-22(19-10-6-7-12-23(19)27)25(28)21-13-14-24(29-17-26)20-11-5-4-9-18(20)21/h4-7,9-14,16H,2-3,8,15,17H2,1H3. The summed E-state index contributed by atoms with van der Waals surface area (Å²) in [7, 11) is 0. The molecular formula is C25H24FNO2. The van der Waals surface area contributed by atoms with Crippen molar-refractivity contribution < 1.29 is 13.9 Å². The highest BCUT2D eigenvalue weighted by atomic mass is 19.1. The molecule has 0 fully saturated rings. The van der Waals surface area contributed by atoms with Crippen molar-refractivity contribution in [2.24, 2.45) is 0 Å². The Kier molecular flexibility index (Phi) is 5.61. The van der Waals surface area contributed by atoms with Crippen LogP contribution in [-0.4, -0.2) is 17.2 Å². The number of halogens is 1. The number of hydrogen-bond acceptors (Lipinski definition) is 2. The minimum Gasteiger partial charge on any atom is -0.462 e. The van der Waals surface area contributed by atoms with Gasteiger partial charge in [-0.3, -0.25) is 4.79 Å². The van der Waals surface area contributed by atoms with E-state index in [4.69, 9.17) is 4.74 Å². The molecular weight excluding hydrogens is 365 g/mol. The minimum atomic E-state index is -0.900. The fraction of sp³-hybridized carbons (Fsp3) is 0.240. The van der Waals surface area contributed by atoms with Crippen LogP contribution in [0.3, 0.4) is 0 Å². The molecule has 0 bridgehead atoms. The van der Waals surface area contributed by atoms with Crippen LogP contribution in [-0.2, 0) is 6.54 Å². The van der Waals surface area contributed by atoms with E-state index in [1.54, 1.807) is 12.1 Å². The van der Waals surface area contributed by atoms with Gasteiger partial charge in [-0.1, -0.05) is 62.2 Å². The van der Waals surface area contributed by atoms with E-state index in [1.807, 2.05) is 48.7 Å². The molecule has 0 radical (unpaired) electrons. The number of ether oxygens (including phenoxy) is 1. The van der Waals surface area contributed by atoms with E-state index >= 15 is 0 Å². The highest BCUT2D eigenvalue weighted by Gasteiger charge is 2.19. The zero-order valence-electron chi connectivity index (χ0n) is 16.5. The molecule has 3 nitrogen and oxygen atoms in total. The van der Waals surface area contributed by atoms with Gasteiger partial charge in [0.1, 0.15) is 5.75 Å². The predicted molar refractivity (Wildman–Crippen MR) is 115 cm³/mol. The van der Waals surface area contributed by atoms with Crippen molar-refractivity contribution in [2.75, 3.05) is 6.86 Å². The number of fused-ring (bicyclic) bond motifs is 2. The Morgan fingerprint density at radius 1 is 0.897 bits per heavy atom. The number of carbonyl (C=O) groups excluding carboxylic acids is 1. The average molecular weight is 389 g/mol. The van der Waals surface area contributed by atoms with Crippen LogP contribution in [0.1, 0.15) is 42.1 Å². The molecule has 0 amide bonds. The van der Waals surface area contributed by atoms with Crippen LogP contribution in [0.5, 0.6) is 5.75 Å². The van der Waals surface area contributed by atoms with E-state index in [1.165, 1.54) is 0 Å². The third-order valence-corrected chi connectivity index (χ3v) is 5.37. The Labute approximate surface area is 169 Å². The number of rotatable bonds is 8. The lowest BCUT2D eigenvalue weighted by molar-refractivity contribution is 0.104. The largest absolute Gasteiger partial charge is 0.462 e. The van der Waals surface area contributed by atoms with Crippen molar-refractivity contribution in [1.82, 2.24) is 4.57 Å². The summed E-state index contributed by atoms with van der Waals surface area (Å²) in [6.07, 6.45) is 5.38. The Morgan fingerprint density at radius 2 is 1.62 bits per heavy atom. The van der Waals surface area contributed by atoms with Gasteiger partial charge in [-0.05, 0) is 30.0 Å². The molecule has 29 heavy (non-hydrogen) atoms. The topological polar surface area (TPSA) is 31.2 Å². The molecule has 4 heteroatoms. The lowest BCUT2D eigenvalue weighted by Crippen LogP contribution is -2.03. The highest BCUT2D eigenvalue weighted by Crippen LogP contribution is 2.32. The molecule has 0 unspecified atom stereocenters. The zero-order valence-corrected chi connectivity index (χ0v) is 16.5. The lowest BCUT2D eigenvalue weighted by atomic mass is 9.96. The smallest absolute Gasteiger partial charge is 0.228 e. The van der Waals surface area contributed by atoms with Gasteiger partial charge in [-0.2, -0.15) is 0 Å². The summed E-state index contributed by atoms with van der Waals surface area (Å²) in [5, 5.41) is 2.47. The maximum atomic E-state index is 13.6. The maximum absolute atomic E-state index is 13.6. The Balaban J connectivity index is 1.81. The van der Waals surface area contributed by atoms with Crippen LogP contribution < -0.4 is 4.74 Å². The second-order valence-corrected chi connectivity index (χ2v) is 7.20. The molecule has 0 saturated carbocycles. The van der Waals surface area contributed by atoms with Gasteiger partial charge in [0.05, 0.1) is 0 Å². The SMILES string of the molecule is CCCCCn1cc(C(=O)c2ccc(OCF)c3ccccc23)c2ccccc21. The number of aromatic nitrogens is 1. The lowest BCUT2D eigenvalue weighted by Gasteiger charge is -2.10. The van der Waals surface area contributed by atoms with Crippen LogP contribution >= 0.6 is 0 Å². The summed E-state index contributed by atoms with van der Waals surface area (Å²) in [5.41, 5.74) is 2.37. The summed E-state index contributed by atoms with van der Waals surface area (Å²) >= 11 is 0. The van der Waals surface area contributed by atoms with Gasteiger partial charge in [-0.25, -0.2) is 4.39 Å². The summed E-state index contributed by atoms with van der Waals surface area (Å²) < 4.78 is 20.0. The molecule has 3 aromatic carbocycles. The molecule has 4 rings (SSSR count). The Hall–Kier alpha value is -3.14. The summed E-state index contributed by atoms with van der Waals surface area (Å²) in [6, 6.07) is 18.9. The molecule has 0 N–H and O–H groups in total. The van der Waals surface area contributed by atoms with E-state index in [2.05, 4.69) is 17.6 Å². The van der Waals surface area contributed by atoms with Crippen molar-refractivity contribution in [3.63, 3.8) is 0 Å². The fourth-order valence-electron chi connectivity index (χ4n) is 3.94. The zero-order chi connectivity index (χ0) is 20.2. The number of hydrogen-bond donors (Lipinski definition) is 0. The van der Waals surface area contributed by atoms with Crippen molar-refractivity contribution in [2.45, 2.75) is 32.7 Å². The number of alkyl halides is 1. The van der Waals surface area contributed by atoms with Crippen molar-refractivity contribution >= 4 is 27.5 Å². The van der Waals surface area contributed by atoms with Gasteiger partial charge in [-0.15, -0.1) is 0 Å². The van der Waals surface area contributed by atoms with Crippen LogP contribution in [0.2, 0.25) is 0 Å². The monoisotopic (exact) mass is 389 g/mol. The van der Waals surface area contributed by atoms with Crippen molar-refractivity contribution in [3.8, 4) is 5.75 Å². The molecule has 0 atom stereocenters. The number of carbonyl (C=O) groups is 1. The first kappa shape index (κ1) is 19.2. The van der Waals surface area contributed by atoms with E-state index in [-0.39, 0.29) is 5.78 Å². The van der Waals surface area contributed by atoms with Crippen molar-refractivity contribution in [1.29, 1.82) is 0 Å². The maximum Gasteiger partial charge on any atom is 0.228 e. The summed E-state index contributed by atoms with van der Waals surface area (Å²) in [4.78, 5) is 13.6. The first-order valence-electron chi connectivity index (χ1n) is 10.1. The minimum absolute atomic E-state index is 0.0292. The molecule has 0 aliphatic heterocycles. The number of para-hydroxylation sites is 1. The fourth-order valence-corrected chi connectivity index (χ4v) is 3.94. The van der Waals surface area contributed by atoms with Crippen LogP contribution in [0.25, 0.3) is 21.7 Å². The van der Waals surface area contributed by atoms with Gasteiger partial charge in [0.15, 0.2) is 5.78 Å². The molecule has 148 valence electrons. The molecule has 0 aliphatic carbocycles. The van der Waals surface area contributed by atoms with Crippen molar-refractivity contribution in [3.05, 3.63) is 78.0 Å². The number of ketones is 1. The van der Waals surface area contributed by atoms with Gasteiger partial charge in [0, 0.05) is 40.2 Å². The molecule has 0 spiro atoms. The number of unbranched alkanes of at least 4 members (excludes halogenated alkanes) is 2. The number of nitrogens with zero attached hydrogens (tertiary/aromatic N) is 1. The molecule has 0 aliphatic rings. The van der Waals surface area contributed by atoms with Crippen LogP contribution in [0.15, 0.2) is 66.9 Å². The third-order valence-electron chi connectivity index (χ3n) is 5.37. The van der Waals surface area contributed by atoms with Gasteiger partial charge < -0.3 is 9.30 Å². The first-order chi connectivity index (χ1) is 14.2. The molecule has 1 aromatic heterocycles. The van der Waals surface area contributed by atoms with Gasteiger partial charge in [0.25, 0.3) is 0 Å². The van der Waals surface area contributed by atoms with E-state index < -0.39 is 6.86 Å². The van der Waals surface area contributed by atoms with E-state index in [0.717, 1.165) is 47.5 Å². The highest BCUT2D eigenvalue weighted by molar-refractivity contribution is 6.21. The summed E-state index contributed by atoms with van der Waals surface area (Å²) in [5.74, 6) is 0.417. The Bertz CT molecular complexity index is 1160. The van der Waals surface area contributed by atoms with Crippen LogP contribution in [0, 0.1) is 0 Å².